The van der Waals surface area contributed by atoms with Crippen molar-refractivity contribution < 1.29 is 8.78 Å². The van der Waals surface area contributed by atoms with E-state index in [9.17, 15) is 18.4 Å². The summed E-state index contributed by atoms with van der Waals surface area (Å²) in [6.07, 6.45) is 0. The lowest BCUT2D eigenvalue weighted by molar-refractivity contribution is 0.512. The van der Waals surface area contributed by atoms with Gasteiger partial charge in [-0.1, -0.05) is 36.4 Å². The van der Waals surface area contributed by atoms with Crippen LogP contribution in [0.1, 0.15) is 35.7 Å². The lowest BCUT2D eigenvalue weighted by atomic mass is 9.96. The summed E-state index contributed by atoms with van der Waals surface area (Å²) in [5.41, 5.74) is 8.54. The summed E-state index contributed by atoms with van der Waals surface area (Å²) in [6.45, 7) is 1.97. The molecule has 0 aliphatic carbocycles. The van der Waals surface area contributed by atoms with Gasteiger partial charge in [0, 0.05) is 11.7 Å². The lowest BCUT2D eigenvalue weighted by Gasteiger charge is -2.25. The zero-order chi connectivity index (χ0) is 22.4. The van der Waals surface area contributed by atoms with Crippen molar-refractivity contribution >= 4 is 5.69 Å². The second-order valence-corrected chi connectivity index (χ2v) is 7.16. The highest BCUT2D eigenvalue weighted by Gasteiger charge is 2.18. The van der Waals surface area contributed by atoms with Crippen LogP contribution < -0.4 is 21.9 Å². The van der Waals surface area contributed by atoms with Crippen molar-refractivity contribution in [3.63, 3.8) is 0 Å². The zero-order valence-corrected chi connectivity index (χ0v) is 16.9. The molecule has 4 nitrogen and oxygen atoms in total. The highest BCUT2D eigenvalue weighted by Crippen LogP contribution is 2.27. The zero-order valence-electron chi connectivity index (χ0n) is 16.9. The quantitative estimate of drug-likeness (QED) is 0.374. The molecule has 0 saturated carbocycles. The topological polar surface area (TPSA) is 72.2 Å². The van der Waals surface area contributed by atoms with E-state index in [0.717, 1.165) is 16.7 Å². The van der Waals surface area contributed by atoms with Crippen LogP contribution in [0.4, 0.5) is 14.5 Å². The Morgan fingerprint density at radius 3 is 1.87 bits per heavy atom. The van der Waals surface area contributed by atoms with E-state index in [0.29, 0.717) is 5.69 Å². The van der Waals surface area contributed by atoms with Gasteiger partial charge in [0.15, 0.2) is 0 Å². The maximum absolute atomic E-state index is 13.5. The van der Waals surface area contributed by atoms with Crippen LogP contribution in [-0.2, 0) is 0 Å². The van der Waals surface area contributed by atoms with Crippen molar-refractivity contribution in [2.24, 2.45) is 0 Å². The molecule has 2 unspecified atom stereocenters. The Morgan fingerprint density at radius 1 is 0.710 bits per heavy atom. The van der Waals surface area contributed by atoms with Crippen LogP contribution in [-0.4, -0.2) is 0 Å². The monoisotopic (exact) mass is 420 g/mol. The van der Waals surface area contributed by atoms with Crippen LogP contribution in [0.2, 0.25) is 0 Å². The standard InChI is InChI=1S/C21H20F2N2.C4H2O2/c1-14(16-4-2-6-19(23)12-16)25-21(15-8-10-18(22)11-9-15)17-5-3-7-20(24)13-17;5-3-1-2-4(3)6/h2-14,21,25H,24H2,1H3;1-2H. The number of benzene rings is 3. The van der Waals surface area contributed by atoms with Gasteiger partial charge in [0.05, 0.1) is 6.04 Å². The van der Waals surface area contributed by atoms with Crippen molar-refractivity contribution in [2.45, 2.75) is 19.0 Å². The summed E-state index contributed by atoms with van der Waals surface area (Å²) in [5.74, 6) is -0.554. The molecule has 6 heteroatoms. The van der Waals surface area contributed by atoms with Gasteiger partial charge in [-0.3, -0.25) is 14.9 Å². The summed E-state index contributed by atoms with van der Waals surface area (Å²) in [7, 11) is 0. The van der Waals surface area contributed by atoms with Crippen molar-refractivity contribution in [3.05, 3.63) is 134 Å². The Hall–Kier alpha value is -3.64. The number of nitrogen functional groups attached to an aromatic ring is 1. The smallest absolute Gasteiger partial charge is 0.225 e. The normalized spacial score (nSPS) is 12.6. The number of anilines is 1. The van der Waals surface area contributed by atoms with Gasteiger partial charge in [-0.15, -0.1) is 0 Å². The number of nitrogens with two attached hydrogens (primary N) is 1. The van der Waals surface area contributed by atoms with Gasteiger partial charge < -0.3 is 5.73 Å². The van der Waals surface area contributed by atoms with E-state index in [4.69, 9.17) is 5.73 Å². The predicted octanol–water partition coefficient (Wildman–Crippen LogP) is 4.27. The third-order valence-corrected chi connectivity index (χ3v) is 4.84. The van der Waals surface area contributed by atoms with Gasteiger partial charge in [0.25, 0.3) is 0 Å². The number of halogens is 2. The SMILES string of the molecule is CC(NC(c1ccc(F)cc1)c1cccc(N)c1)c1cccc(F)c1.O=c1ccc1=O. The minimum atomic E-state index is -0.380. The molecular formula is C25H22F2N2O2. The second-order valence-electron chi connectivity index (χ2n) is 7.16. The summed E-state index contributed by atoms with van der Waals surface area (Å²) in [5, 5.41) is 3.50. The van der Waals surface area contributed by atoms with Crippen LogP contribution in [0.5, 0.6) is 0 Å². The largest absolute Gasteiger partial charge is 0.399 e. The van der Waals surface area contributed by atoms with Gasteiger partial charge in [-0.05, 0) is 72.1 Å². The van der Waals surface area contributed by atoms with Gasteiger partial charge in [-0.25, -0.2) is 8.78 Å². The summed E-state index contributed by atoms with van der Waals surface area (Å²) in [4.78, 5) is 19.6. The van der Waals surface area contributed by atoms with Crippen molar-refractivity contribution in [1.29, 1.82) is 0 Å². The Bertz CT molecular complexity index is 1190. The van der Waals surface area contributed by atoms with E-state index >= 15 is 0 Å². The molecule has 4 aromatic carbocycles. The third kappa shape index (κ3) is 5.93. The third-order valence-electron chi connectivity index (χ3n) is 4.84. The average molecular weight is 420 g/mol. The number of hydrogen-bond donors (Lipinski definition) is 2. The second kappa shape index (κ2) is 9.91. The van der Waals surface area contributed by atoms with Crippen LogP contribution in [0.25, 0.3) is 0 Å². The fourth-order valence-corrected chi connectivity index (χ4v) is 3.12. The summed E-state index contributed by atoms with van der Waals surface area (Å²) in [6, 6.07) is 22.6. The van der Waals surface area contributed by atoms with E-state index in [1.54, 1.807) is 18.2 Å². The first-order valence-electron chi connectivity index (χ1n) is 9.72. The van der Waals surface area contributed by atoms with E-state index in [1.165, 1.54) is 36.4 Å². The van der Waals surface area contributed by atoms with Gasteiger partial charge in [0.1, 0.15) is 11.6 Å². The summed E-state index contributed by atoms with van der Waals surface area (Å²) >= 11 is 0. The Labute approximate surface area is 178 Å². The lowest BCUT2D eigenvalue weighted by Crippen LogP contribution is -2.26. The van der Waals surface area contributed by atoms with E-state index in [1.807, 2.05) is 37.3 Å². The van der Waals surface area contributed by atoms with Crippen LogP contribution in [0.3, 0.4) is 0 Å². The van der Waals surface area contributed by atoms with E-state index in [2.05, 4.69) is 5.32 Å². The van der Waals surface area contributed by atoms with Gasteiger partial charge >= 0.3 is 0 Å². The molecule has 158 valence electrons. The number of hydrogen-bond acceptors (Lipinski definition) is 4. The van der Waals surface area contributed by atoms with Crippen molar-refractivity contribution in [3.8, 4) is 0 Å². The minimum Gasteiger partial charge on any atom is -0.399 e. The Balaban J connectivity index is 0.000000391. The maximum atomic E-state index is 13.5. The molecule has 0 amide bonds. The van der Waals surface area contributed by atoms with Crippen molar-refractivity contribution in [1.82, 2.24) is 5.32 Å². The highest BCUT2D eigenvalue weighted by atomic mass is 19.1. The van der Waals surface area contributed by atoms with Crippen LogP contribution in [0.15, 0.2) is 94.5 Å². The Kier molecular flexibility index (Phi) is 7.05. The molecule has 0 aromatic heterocycles. The predicted molar refractivity (Wildman–Crippen MR) is 118 cm³/mol. The molecule has 4 rings (SSSR count). The first-order valence-corrected chi connectivity index (χ1v) is 9.72. The maximum Gasteiger partial charge on any atom is 0.225 e. The highest BCUT2D eigenvalue weighted by molar-refractivity contribution is 5.44. The van der Waals surface area contributed by atoms with Crippen LogP contribution in [0, 0.1) is 11.6 Å². The van der Waals surface area contributed by atoms with E-state index < -0.39 is 0 Å². The average Bonchev–Trinajstić information content (AvgIpc) is 2.77. The molecular weight excluding hydrogens is 398 g/mol. The molecule has 0 aliphatic rings. The Morgan fingerprint density at radius 2 is 1.32 bits per heavy atom. The molecule has 0 saturated heterocycles. The first kappa shape index (κ1) is 22.1. The fourth-order valence-electron chi connectivity index (χ4n) is 3.12. The molecule has 0 fully saturated rings. The minimum absolute atomic E-state index is 0.104. The van der Waals surface area contributed by atoms with Gasteiger partial charge in [0.2, 0.25) is 10.9 Å². The molecule has 4 aromatic rings. The number of rotatable bonds is 5. The van der Waals surface area contributed by atoms with Crippen LogP contribution >= 0.6 is 0 Å². The molecule has 0 radical (unpaired) electrons. The fraction of sp³-hybridized carbons (Fsp3) is 0.120. The van der Waals surface area contributed by atoms with E-state index in [-0.39, 0.29) is 34.6 Å². The molecule has 31 heavy (non-hydrogen) atoms. The molecule has 3 N–H and O–H groups in total. The molecule has 2 atom stereocenters. The van der Waals surface area contributed by atoms with Gasteiger partial charge in [-0.2, -0.15) is 0 Å². The number of nitrogens with one attached hydrogen (secondary N) is 1. The van der Waals surface area contributed by atoms with Crippen molar-refractivity contribution in [2.75, 3.05) is 5.73 Å². The molecule has 0 aliphatic heterocycles. The molecule has 0 heterocycles. The first-order chi connectivity index (χ1) is 14.8. The molecule has 0 bridgehead atoms. The molecule has 0 spiro atoms. The summed E-state index contributed by atoms with van der Waals surface area (Å²) < 4.78 is 26.8.